The van der Waals surface area contributed by atoms with Crippen molar-refractivity contribution in [2.75, 3.05) is 26.2 Å². The van der Waals surface area contributed by atoms with Crippen LogP contribution in [0.2, 0.25) is 0 Å². The lowest BCUT2D eigenvalue weighted by atomic mass is 9.99. The Morgan fingerprint density at radius 2 is 1.85 bits per heavy atom. The summed E-state index contributed by atoms with van der Waals surface area (Å²) in [4.78, 5) is 2.52. The number of hydrogen-bond donors (Lipinski definition) is 2. The molecule has 0 spiro atoms. The van der Waals surface area contributed by atoms with Crippen molar-refractivity contribution in [3.63, 3.8) is 0 Å². The average molecular weight is 384 g/mol. The molecular formula is C14H21BrCl2N2O. The van der Waals surface area contributed by atoms with Crippen molar-refractivity contribution in [2.24, 2.45) is 5.92 Å². The zero-order chi connectivity index (χ0) is 12.5. The van der Waals surface area contributed by atoms with E-state index in [1.807, 2.05) is 12.1 Å². The van der Waals surface area contributed by atoms with E-state index in [0.29, 0.717) is 11.8 Å². The van der Waals surface area contributed by atoms with Gasteiger partial charge in [0, 0.05) is 37.8 Å². The number of benzene rings is 1. The van der Waals surface area contributed by atoms with Crippen molar-refractivity contribution in [1.29, 1.82) is 0 Å². The van der Waals surface area contributed by atoms with Gasteiger partial charge in [0.15, 0.2) is 0 Å². The van der Waals surface area contributed by atoms with Crippen LogP contribution in [0.25, 0.3) is 0 Å². The first-order chi connectivity index (χ1) is 8.77. The van der Waals surface area contributed by atoms with E-state index in [9.17, 15) is 5.11 Å². The van der Waals surface area contributed by atoms with Gasteiger partial charge >= 0.3 is 0 Å². The van der Waals surface area contributed by atoms with Gasteiger partial charge < -0.3 is 10.4 Å². The Labute approximate surface area is 141 Å². The molecule has 3 rings (SSSR count). The van der Waals surface area contributed by atoms with E-state index < -0.39 is 0 Å². The first kappa shape index (κ1) is 18.1. The number of phenols is 1. The first-order valence-electron chi connectivity index (χ1n) is 6.69. The maximum Gasteiger partial charge on any atom is 0.134 e. The minimum atomic E-state index is 0. The second kappa shape index (κ2) is 7.85. The summed E-state index contributed by atoms with van der Waals surface area (Å²) < 4.78 is 0.806. The summed E-state index contributed by atoms with van der Waals surface area (Å²) in [6.45, 7) is 4.26. The number of halogens is 3. The van der Waals surface area contributed by atoms with Crippen molar-refractivity contribution in [1.82, 2.24) is 10.2 Å². The molecule has 3 nitrogen and oxygen atoms in total. The summed E-state index contributed by atoms with van der Waals surface area (Å²) in [5.74, 6) is 1.15. The molecule has 1 aliphatic heterocycles. The van der Waals surface area contributed by atoms with E-state index in [1.54, 1.807) is 0 Å². The number of phenolic OH excluding ortho intramolecular Hbond substituents is 1. The molecule has 0 aromatic heterocycles. The van der Waals surface area contributed by atoms with Gasteiger partial charge in [0.2, 0.25) is 0 Å². The highest BCUT2D eigenvalue weighted by Crippen LogP contribution is 2.48. The lowest BCUT2D eigenvalue weighted by Gasteiger charge is -2.35. The molecule has 0 amide bonds. The maximum absolute atomic E-state index is 10.3. The summed E-state index contributed by atoms with van der Waals surface area (Å²) in [5.41, 5.74) is 1.09. The molecule has 2 fully saturated rings. The second-order valence-electron chi connectivity index (χ2n) is 5.25. The fourth-order valence-corrected chi connectivity index (χ4v) is 3.27. The highest BCUT2D eigenvalue weighted by Gasteiger charge is 2.38. The highest BCUT2D eigenvalue weighted by atomic mass is 79.9. The molecule has 1 aromatic carbocycles. The number of para-hydroxylation sites is 1. The molecule has 0 bridgehead atoms. The molecule has 6 heteroatoms. The van der Waals surface area contributed by atoms with Crippen LogP contribution < -0.4 is 5.32 Å². The third kappa shape index (κ3) is 3.80. The number of nitrogens with one attached hydrogen (secondary N) is 1. The van der Waals surface area contributed by atoms with Gasteiger partial charge in [-0.3, -0.25) is 4.90 Å². The van der Waals surface area contributed by atoms with E-state index in [0.717, 1.165) is 42.1 Å². The normalized spacial score (nSPS) is 20.6. The summed E-state index contributed by atoms with van der Waals surface area (Å²) in [7, 11) is 0. The van der Waals surface area contributed by atoms with E-state index in [-0.39, 0.29) is 24.8 Å². The predicted molar refractivity (Wildman–Crippen MR) is 90.2 cm³/mol. The summed E-state index contributed by atoms with van der Waals surface area (Å²) in [5, 5.41) is 13.7. The number of rotatable bonds is 3. The van der Waals surface area contributed by atoms with Crippen LogP contribution in [-0.2, 0) is 0 Å². The van der Waals surface area contributed by atoms with Crippen LogP contribution in [0.5, 0.6) is 5.75 Å². The van der Waals surface area contributed by atoms with Gasteiger partial charge in [-0.05, 0) is 40.8 Å². The molecule has 0 unspecified atom stereocenters. The summed E-state index contributed by atoms with van der Waals surface area (Å²) in [6, 6.07) is 6.40. The molecule has 1 aromatic rings. The molecule has 1 atom stereocenters. The molecule has 0 radical (unpaired) electrons. The van der Waals surface area contributed by atoms with Crippen LogP contribution in [0.15, 0.2) is 22.7 Å². The fraction of sp³-hybridized carbons (Fsp3) is 0.571. The van der Waals surface area contributed by atoms with E-state index in [1.165, 1.54) is 12.8 Å². The number of nitrogens with zero attached hydrogens (tertiary/aromatic N) is 1. The predicted octanol–water partition coefficient (Wildman–Crippen LogP) is 3.35. The Kier molecular flexibility index (Phi) is 7.09. The molecule has 1 saturated carbocycles. The van der Waals surface area contributed by atoms with Gasteiger partial charge in [0.25, 0.3) is 0 Å². The minimum Gasteiger partial charge on any atom is -0.506 e. The summed E-state index contributed by atoms with van der Waals surface area (Å²) in [6.07, 6.45) is 2.58. The van der Waals surface area contributed by atoms with Crippen molar-refractivity contribution in [3.8, 4) is 5.75 Å². The largest absolute Gasteiger partial charge is 0.506 e. The molecule has 114 valence electrons. The standard InChI is InChI=1S/C14H19BrN2O.2ClH/c15-12-3-1-2-11(14(12)18)13(10-4-5-10)17-8-6-16-7-9-17;;/h1-3,10,13,16,18H,4-9H2;2*1H/t13-;;/m0../s1. The Morgan fingerprint density at radius 3 is 2.45 bits per heavy atom. The monoisotopic (exact) mass is 382 g/mol. The maximum atomic E-state index is 10.3. The van der Waals surface area contributed by atoms with E-state index in [4.69, 9.17) is 0 Å². The zero-order valence-corrected chi connectivity index (χ0v) is 14.4. The highest BCUT2D eigenvalue weighted by molar-refractivity contribution is 9.10. The van der Waals surface area contributed by atoms with Crippen LogP contribution in [0.4, 0.5) is 0 Å². The lowest BCUT2D eigenvalue weighted by Crippen LogP contribution is -2.45. The number of aromatic hydroxyl groups is 1. The quantitative estimate of drug-likeness (QED) is 0.839. The smallest absolute Gasteiger partial charge is 0.134 e. The van der Waals surface area contributed by atoms with Gasteiger partial charge in [0.05, 0.1) is 4.47 Å². The Bertz CT molecular complexity index is 437. The van der Waals surface area contributed by atoms with Crippen LogP contribution in [0.3, 0.4) is 0 Å². The average Bonchev–Trinajstić information content (AvgIpc) is 3.21. The van der Waals surface area contributed by atoms with Gasteiger partial charge in [-0.2, -0.15) is 0 Å². The van der Waals surface area contributed by atoms with Crippen molar-refractivity contribution in [2.45, 2.75) is 18.9 Å². The first-order valence-corrected chi connectivity index (χ1v) is 7.49. The van der Waals surface area contributed by atoms with Crippen LogP contribution in [0, 0.1) is 5.92 Å². The molecule has 1 aliphatic carbocycles. The summed E-state index contributed by atoms with van der Waals surface area (Å²) >= 11 is 3.43. The van der Waals surface area contributed by atoms with Gasteiger partial charge in [0.1, 0.15) is 5.75 Å². The molecule has 2 aliphatic rings. The van der Waals surface area contributed by atoms with Crippen LogP contribution >= 0.6 is 40.7 Å². The molecule has 20 heavy (non-hydrogen) atoms. The fourth-order valence-electron chi connectivity index (χ4n) is 2.89. The third-order valence-electron chi connectivity index (χ3n) is 3.95. The topological polar surface area (TPSA) is 35.5 Å². The second-order valence-corrected chi connectivity index (χ2v) is 6.10. The number of piperazine rings is 1. The minimum absolute atomic E-state index is 0. The van der Waals surface area contributed by atoms with Crippen molar-refractivity contribution < 1.29 is 5.11 Å². The lowest BCUT2D eigenvalue weighted by molar-refractivity contribution is 0.153. The van der Waals surface area contributed by atoms with Gasteiger partial charge in [-0.25, -0.2) is 0 Å². The Morgan fingerprint density at radius 1 is 1.20 bits per heavy atom. The molecule has 1 saturated heterocycles. The number of hydrogen-bond acceptors (Lipinski definition) is 3. The van der Waals surface area contributed by atoms with Gasteiger partial charge in [-0.15, -0.1) is 24.8 Å². The Hall–Kier alpha value is -0.000000000000000153. The van der Waals surface area contributed by atoms with Gasteiger partial charge in [-0.1, -0.05) is 12.1 Å². The van der Waals surface area contributed by atoms with E-state index in [2.05, 4.69) is 32.2 Å². The Balaban J connectivity index is 0.000001000. The van der Waals surface area contributed by atoms with Crippen LogP contribution in [-0.4, -0.2) is 36.2 Å². The van der Waals surface area contributed by atoms with Crippen molar-refractivity contribution >= 4 is 40.7 Å². The third-order valence-corrected chi connectivity index (χ3v) is 4.59. The molecule has 2 N–H and O–H groups in total. The zero-order valence-electron chi connectivity index (χ0n) is 11.2. The molecule has 1 heterocycles. The van der Waals surface area contributed by atoms with Crippen LogP contribution in [0.1, 0.15) is 24.4 Å². The SMILES string of the molecule is Cl.Cl.Oc1c(Br)cccc1[C@H](C1CC1)N1CCNCC1. The molecular weight excluding hydrogens is 363 g/mol. The van der Waals surface area contributed by atoms with Crippen molar-refractivity contribution in [3.05, 3.63) is 28.2 Å². The van der Waals surface area contributed by atoms with E-state index >= 15 is 0 Å².